The summed E-state index contributed by atoms with van der Waals surface area (Å²) in [5.41, 5.74) is 3.40. The second-order valence-corrected chi connectivity index (χ2v) is 7.18. The van der Waals surface area contributed by atoms with Crippen LogP contribution < -0.4 is 0 Å². The van der Waals surface area contributed by atoms with Crippen molar-refractivity contribution in [1.29, 1.82) is 0 Å². The Balaban J connectivity index is 1.85. The number of carbonyl (C=O) groups is 1. The SMILES string of the molecule is O=C1CCC2=C1C(c1ccc(F)c(F)c1)C1SCCCC1=N2. The van der Waals surface area contributed by atoms with Gasteiger partial charge in [0.1, 0.15) is 0 Å². The van der Waals surface area contributed by atoms with Crippen LogP contribution in [0.3, 0.4) is 0 Å². The van der Waals surface area contributed by atoms with E-state index in [2.05, 4.69) is 0 Å². The van der Waals surface area contributed by atoms with Gasteiger partial charge >= 0.3 is 0 Å². The van der Waals surface area contributed by atoms with E-state index in [1.165, 1.54) is 6.07 Å². The number of aliphatic imine (C=N–C) groups is 1. The van der Waals surface area contributed by atoms with Gasteiger partial charge in [0.15, 0.2) is 17.4 Å². The van der Waals surface area contributed by atoms with E-state index in [0.29, 0.717) is 18.4 Å². The van der Waals surface area contributed by atoms with Crippen LogP contribution in [0.25, 0.3) is 0 Å². The maximum absolute atomic E-state index is 13.7. The molecule has 2 unspecified atom stereocenters. The molecule has 2 heterocycles. The molecule has 0 N–H and O–H groups in total. The zero-order valence-corrected chi connectivity index (χ0v) is 12.8. The van der Waals surface area contributed by atoms with Gasteiger partial charge in [-0.3, -0.25) is 9.79 Å². The summed E-state index contributed by atoms with van der Waals surface area (Å²) in [5.74, 6) is -0.760. The fourth-order valence-electron chi connectivity index (χ4n) is 3.61. The molecular weight excluding hydrogens is 304 g/mol. The van der Waals surface area contributed by atoms with Gasteiger partial charge in [-0.25, -0.2) is 8.78 Å². The van der Waals surface area contributed by atoms with Crippen LogP contribution in [0.15, 0.2) is 34.5 Å². The predicted octanol–water partition coefficient (Wildman–Crippen LogP) is 4.02. The summed E-state index contributed by atoms with van der Waals surface area (Å²) in [6, 6.07) is 4.01. The average Bonchev–Trinajstić information content (AvgIpc) is 2.89. The number of hydrogen-bond donors (Lipinski definition) is 0. The molecule has 4 rings (SSSR count). The quantitative estimate of drug-likeness (QED) is 0.782. The van der Waals surface area contributed by atoms with Gasteiger partial charge in [-0.1, -0.05) is 6.07 Å². The fourth-order valence-corrected chi connectivity index (χ4v) is 5.03. The highest BCUT2D eigenvalue weighted by molar-refractivity contribution is 8.00. The Labute approximate surface area is 131 Å². The number of fused-ring (bicyclic) bond motifs is 1. The summed E-state index contributed by atoms with van der Waals surface area (Å²) < 4.78 is 26.9. The third kappa shape index (κ3) is 2.14. The standard InChI is InChI=1S/C17H15F2NOS/c18-10-4-3-9(8-11(10)19)15-16-12(5-6-14(16)21)20-13-2-1-7-22-17(13)15/h3-4,8,15,17H,1-2,5-7H2. The van der Waals surface area contributed by atoms with Crippen LogP contribution in [0.4, 0.5) is 8.78 Å². The van der Waals surface area contributed by atoms with Gasteiger partial charge < -0.3 is 0 Å². The third-order valence-corrected chi connectivity index (χ3v) is 6.03. The van der Waals surface area contributed by atoms with Crippen molar-refractivity contribution in [1.82, 2.24) is 0 Å². The maximum Gasteiger partial charge on any atom is 0.161 e. The van der Waals surface area contributed by atoms with Crippen molar-refractivity contribution in [2.24, 2.45) is 4.99 Å². The van der Waals surface area contributed by atoms with Crippen molar-refractivity contribution < 1.29 is 13.6 Å². The van der Waals surface area contributed by atoms with Crippen molar-refractivity contribution in [3.63, 3.8) is 0 Å². The zero-order chi connectivity index (χ0) is 15.3. The van der Waals surface area contributed by atoms with E-state index in [1.54, 1.807) is 17.8 Å². The van der Waals surface area contributed by atoms with Crippen LogP contribution in [0, 0.1) is 11.6 Å². The molecule has 1 aliphatic carbocycles. The predicted molar refractivity (Wildman–Crippen MR) is 83.3 cm³/mol. The monoisotopic (exact) mass is 319 g/mol. The van der Waals surface area contributed by atoms with Gasteiger partial charge in [-0.05, 0) is 42.7 Å². The number of nitrogens with zero attached hydrogens (tertiary/aromatic N) is 1. The maximum atomic E-state index is 13.7. The number of Topliss-reactive ketones (excluding diaryl/α,β-unsaturated/α-hetero) is 1. The van der Waals surface area contributed by atoms with Gasteiger partial charge in [0.25, 0.3) is 0 Å². The molecule has 1 aromatic rings. The smallest absolute Gasteiger partial charge is 0.161 e. The Morgan fingerprint density at radius 1 is 1.14 bits per heavy atom. The minimum Gasteiger partial charge on any atom is -0.294 e. The van der Waals surface area contributed by atoms with E-state index in [9.17, 15) is 13.6 Å². The molecule has 1 saturated heterocycles. The zero-order valence-electron chi connectivity index (χ0n) is 11.9. The van der Waals surface area contributed by atoms with Crippen LogP contribution >= 0.6 is 11.8 Å². The Hall–Kier alpha value is -1.49. The van der Waals surface area contributed by atoms with Crippen LogP contribution in [-0.2, 0) is 4.79 Å². The number of allylic oxidation sites excluding steroid dienone is 2. The lowest BCUT2D eigenvalue weighted by Crippen LogP contribution is -2.34. The van der Waals surface area contributed by atoms with Crippen molar-refractivity contribution >= 4 is 23.3 Å². The van der Waals surface area contributed by atoms with Crippen LogP contribution in [0.2, 0.25) is 0 Å². The number of rotatable bonds is 1. The molecule has 0 aromatic heterocycles. The molecule has 0 bridgehead atoms. The normalized spacial score (nSPS) is 27.5. The van der Waals surface area contributed by atoms with E-state index >= 15 is 0 Å². The van der Waals surface area contributed by atoms with E-state index in [-0.39, 0.29) is 17.0 Å². The molecule has 1 aromatic carbocycles. The summed E-state index contributed by atoms with van der Waals surface area (Å²) in [5, 5.41) is 0.0828. The molecule has 1 fully saturated rings. The molecule has 2 atom stereocenters. The lowest BCUT2D eigenvalue weighted by molar-refractivity contribution is -0.115. The Kier molecular flexibility index (Phi) is 3.40. The molecule has 3 aliphatic rings. The first-order valence-corrected chi connectivity index (χ1v) is 8.60. The molecule has 114 valence electrons. The molecule has 0 amide bonds. The number of thioether (sulfide) groups is 1. The van der Waals surface area contributed by atoms with Crippen LogP contribution in [0.5, 0.6) is 0 Å². The molecule has 0 spiro atoms. The first-order valence-electron chi connectivity index (χ1n) is 7.55. The number of ketones is 1. The van der Waals surface area contributed by atoms with Gasteiger partial charge in [0.2, 0.25) is 0 Å². The topological polar surface area (TPSA) is 29.4 Å². The molecule has 2 aliphatic heterocycles. The number of carbonyl (C=O) groups excluding carboxylic acids is 1. The number of hydrogen-bond acceptors (Lipinski definition) is 3. The summed E-state index contributed by atoms with van der Waals surface area (Å²) in [6.45, 7) is 0. The van der Waals surface area contributed by atoms with Crippen molar-refractivity contribution in [2.45, 2.75) is 36.9 Å². The summed E-state index contributed by atoms with van der Waals surface area (Å²) in [6.07, 6.45) is 3.18. The molecule has 0 saturated carbocycles. The molecule has 5 heteroatoms. The minimum atomic E-state index is -0.852. The first kappa shape index (κ1) is 14.1. The van der Waals surface area contributed by atoms with Crippen LogP contribution in [0.1, 0.15) is 37.2 Å². The van der Waals surface area contributed by atoms with E-state index in [1.807, 2.05) is 0 Å². The summed E-state index contributed by atoms with van der Waals surface area (Å²) in [4.78, 5) is 17.0. The average molecular weight is 319 g/mol. The van der Waals surface area contributed by atoms with Crippen molar-refractivity contribution in [2.75, 3.05) is 5.75 Å². The van der Waals surface area contributed by atoms with E-state index in [0.717, 1.165) is 41.6 Å². The van der Waals surface area contributed by atoms with Gasteiger partial charge in [-0.2, -0.15) is 11.8 Å². The third-order valence-electron chi connectivity index (χ3n) is 4.60. The highest BCUT2D eigenvalue weighted by atomic mass is 32.2. The van der Waals surface area contributed by atoms with Gasteiger partial charge in [0, 0.05) is 29.3 Å². The molecule has 0 radical (unpaired) electrons. The molecular formula is C17H15F2NOS. The number of benzene rings is 1. The number of halogens is 2. The molecule has 2 nitrogen and oxygen atoms in total. The second-order valence-electron chi connectivity index (χ2n) is 5.93. The lowest BCUT2D eigenvalue weighted by atomic mass is 9.82. The largest absolute Gasteiger partial charge is 0.294 e. The first-order chi connectivity index (χ1) is 10.6. The van der Waals surface area contributed by atoms with Gasteiger partial charge in [0.05, 0.1) is 5.25 Å². The highest BCUT2D eigenvalue weighted by Gasteiger charge is 2.42. The lowest BCUT2D eigenvalue weighted by Gasteiger charge is -2.35. The minimum absolute atomic E-state index is 0.0828. The Morgan fingerprint density at radius 2 is 2.00 bits per heavy atom. The fraction of sp³-hybridized carbons (Fsp3) is 0.412. The summed E-state index contributed by atoms with van der Waals surface area (Å²) in [7, 11) is 0. The van der Waals surface area contributed by atoms with E-state index < -0.39 is 11.6 Å². The van der Waals surface area contributed by atoms with Gasteiger partial charge in [-0.15, -0.1) is 0 Å². The van der Waals surface area contributed by atoms with E-state index in [4.69, 9.17) is 4.99 Å². The van der Waals surface area contributed by atoms with Crippen molar-refractivity contribution in [3.8, 4) is 0 Å². The molecule has 22 heavy (non-hydrogen) atoms. The Bertz CT molecular complexity index is 725. The highest BCUT2D eigenvalue weighted by Crippen LogP contribution is 2.47. The van der Waals surface area contributed by atoms with Crippen LogP contribution in [-0.4, -0.2) is 22.5 Å². The summed E-state index contributed by atoms with van der Waals surface area (Å²) >= 11 is 1.78. The second kappa shape index (κ2) is 5.30. The Morgan fingerprint density at radius 3 is 2.82 bits per heavy atom. The van der Waals surface area contributed by atoms with Crippen molar-refractivity contribution in [3.05, 3.63) is 46.7 Å².